The molecule has 1 aromatic rings. The van der Waals surface area contributed by atoms with Gasteiger partial charge in [-0.1, -0.05) is 24.9 Å². The highest BCUT2D eigenvalue weighted by atomic mass is 35.7. The van der Waals surface area contributed by atoms with E-state index in [0.29, 0.717) is 6.54 Å². The molecule has 1 aromatic carbocycles. The van der Waals surface area contributed by atoms with Gasteiger partial charge in [0.2, 0.25) is 0 Å². The molecule has 0 aliphatic heterocycles. The zero-order valence-corrected chi connectivity index (χ0v) is 14.0. The van der Waals surface area contributed by atoms with Crippen molar-refractivity contribution in [3.05, 3.63) is 28.8 Å². The predicted octanol–water partition coefficient (Wildman–Crippen LogP) is 3.58. The first-order valence-corrected chi connectivity index (χ1v) is 9.49. The Morgan fingerprint density at radius 1 is 1.38 bits per heavy atom. The summed E-state index contributed by atoms with van der Waals surface area (Å²) in [4.78, 5) is 12.1. The SMILES string of the molecule is CCCC1(CNC(=O)c2cc(S(=O)(=O)Cl)ccc2Cl)CC1. The van der Waals surface area contributed by atoms with E-state index in [1.54, 1.807) is 0 Å². The van der Waals surface area contributed by atoms with Crippen molar-refractivity contribution < 1.29 is 13.2 Å². The molecule has 1 saturated carbocycles. The van der Waals surface area contributed by atoms with Crippen molar-refractivity contribution in [2.75, 3.05) is 6.54 Å². The topological polar surface area (TPSA) is 63.2 Å². The first kappa shape index (κ1) is 16.6. The molecule has 1 amide bonds. The molecule has 0 spiro atoms. The van der Waals surface area contributed by atoms with Gasteiger partial charge >= 0.3 is 0 Å². The van der Waals surface area contributed by atoms with Crippen molar-refractivity contribution in [1.82, 2.24) is 5.32 Å². The minimum absolute atomic E-state index is 0.130. The number of amides is 1. The third kappa shape index (κ3) is 4.11. The molecule has 7 heteroatoms. The van der Waals surface area contributed by atoms with E-state index >= 15 is 0 Å². The summed E-state index contributed by atoms with van der Waals surface area (Å²) in [5, 5.41) is 3.05. The van der Waals surface area contributed by atoms with Gasteiger partial charge < -0.3 is 5.32 Å². The van der Waals surface area contributed by atoms with Gasteiger partial charge in [0.15, 0.2) is 0 Å². The normalized spacial score (nSPS) is 16.5. The molecule has 0 radical (unpaired) electrons. The van der Waals surface area contributed by atoms with Gasteiger partial charge in [-0.3, -0.25) is 4.79 Å². The van der Waals surface area contributed by atoms with Crippen molar-refractivity contribution in [3.8, 4) is 0 Å². The van der Waals surface area contributed by atoms with Gasteiger partial charge in [0.1, 0.15) is 0 Å². The molecular weight excluding hydrogens is 333 g/mol. The summed E-state index contributed by atoms with van der Waals surface area (Å²) in [7, 11) is 1.40. The maximum atomic E-state index is 12.2. The molecule has 0 saturated heterocycles. The average molecular weight is 350 g/mol. The molecule has 2 rings (SSSR count). The van der Waals surface area contributed by atoms with E-state index in [-0.39, 0.29) is 26.8 Å². The van der Waals surface area contributed by atoms with Gasteiger partial charge in [0, 0.05) is 17.2 Å². The molecule has 4 nitrogen and oxygen atoms in total. The lowest BCUT2D eigenvalue weighted by Gasteiger charge is -2.15. The van der Waals surface area contributed by atoms with Crippen LogP contribution in [0.15, 0.2) is 23.1 Å². The largest absolute Gasteiger partial charge is 0.351 e. The lowest BCUT2D eigenvalue weighted by molar-refractivity contribution is 0.0943. The summed E-state index contributed by atoms with van der Waals surface area (Å²) in [6, 6.07) is 3.85. The minimum Gasteiger partial charge on any atom is -0.351 e. The lowest BCUT2D eigenvalue weighted by Crippen LogP contribution is -2.30. The Morgan fingerprint density at radius 2 is 2.05 bits per heavy atom. The first-order chi connectivity index (χ1) is 9.77. The summed E-state index contributed by atoms with van der Waals surface area (Å²) in [6.07, 6.45) is 4.39. The highest BCUT2D eigenvalue weighted by Crippen LogP contribution is 2.48. The Bertz CT molecular complexity index is 654. The Morgan fingerprint density at radius 3 is 2.57 bits per heavy atom. The van der Waals surface area contributed by atoms with Gasteiger partial charge in [-0.15, -0.1) is 0 Å². The maximum absolute atomic E-state index is 12.2. The Hall–Kier alpha value is -0.780. The molecular formula is C14H17Cl2NO3S. The Labute approximate surface area is 134 Å². The van der Waals surface area contributed by atoms with Crippen LogP contribution in [-0.4, -0.2) is 20.9 Å². The standard InChI is InChI=1S/C14H17Cl2NO3S/c1-2-5-14(6-7-14)9-17-13(18)11-8-10(21(16,19)20)3-4-12(11)15/h3-4,8H,2,5-7,9H2,1H3,(H,17,18). The third-order valence-corrected chi connectivity index (χ3v) is 5.51. The molecule has 1 fully saturated rings. The fourth-order valence-electron chi connectivity index (χ4n) is 2.42. The molecule has 21 heavy (non-hydrogen) atoms. The monoisotopic (exact) mass is 349 g/mol. The average Bonchev–Trinajstić information content (AvgIpc) is 3.16. The molecule has 0 aromatic heterocycles. The van der Waals surface area contributed by atoms with Crippen LogP contribution in [0.5, 0.6) is 0 Å². The fraction of sp³-hybridized carbons (Fsp3) is 0.500. The second-order valence-electron chi connectivity index (χ2n) is 5.51. The summed E-state index contributed by atoms with van der Waals surface area (Å²) < 4.78 is 22.6. The highest BCUT2D eigenvalue weighted by Gasteiger charge is 2.41. The zero-order chi connectivity index (χ0) is 15.7. The molecule has 0 atom stereocenters. The van der Waals surface area contributed by atoms with Crippen molar-refractivity contribution in [2.24, 2.45) is 5.41 Å². The summed E-state index contributed by atoms with van der Waals surface area (Å²) in [5.41, 5.74) is 0.346. The Balaban J connectivity index is 2.12. The van der Waals surface area contributed by atoms with E-state index in [1.165, 1.54) is 18.2 Å². The second-order valence-corrected chi connectivity index (χ2v) is 8.49. The fourth-order valence-corrected chi connectivity index (χ4v) is 3.40. The van der Waals surface area contributed by atoms with Crippen LogP contribution in [0.3, 0.4) is 0 Å². The van der Waals surface area contributed by atoms with Gasteiger partial charge in [-0.2, -0.15) is 0 Å². The van der Waals surface area contributed by atoms with Crippen LogP contribution in [0.4, 0.5) is 0 Å². The van der Waals surface area contributed by atoms with Gasteiger partial charge in [-0.25, -0.2) is 8.42 Å². The van der Waals surface area contributed by atoms with Crippen molar-refractivity contribution in [3.63, 3.8) is 0 Å². The van der Waals surface area contributed by atoms with Crippen molar-refractivity contribution in [2.45, 2.75) is 37.5 Å². The number of halogens is 2. The number of hydrogen-bond donors (Lipinski definition) is 1. The van der Waals surface area contributed by atoms with Gasteiger partial charge in [0.05, 0.1) is 15.5 Å². The molecule has 1 aliphatic carbocycles. The Kier molecular flexibility index (Phi) is 4.85. The minimum atomic E-state index is -3.88. The zero-order valence-electron chi connectivity index (χ0n) is 11.7. The summed E-state index contributed by atoms with van der Waals surface area (Å²) in [5.74, 6) is -0.371. The highest BCUT2D eigenvalue weighted by molar-refractivity contribution is 8.13. The van der Waals surface area contributed by atoms with Crippen LogP contribution in [0.2, 0.25) is 5.02 Å². The smallest absolute Gasteiger partial charge is 0.261 e. The second kappa shape index (κ2) is 6.15. The van der Waals surface area contributed by atoms with E-state index in [9.17, 15) is 13.2 Å². The van der Waals surface area contributed by atoms with Crippen molar-refractivity contribution in [1.29, 1.82) is 0 Å². The van der Waals surface area contributed by atoms with Crippen LogP contribution in [0.25, 0.3) is 0 Å². The van der Waals surface area contributed by atoms with E-state index in [0.717, 1.165) is 25.7 Å². The van der Waals surface area contributed by atoms with Crippen LogP contribution < -0.4 is 5.32 Å². The van der Waals surface area contributed by atoms with Gasteiger partial charge in [0.25, 0.3) is 15.0 Å². The third-order valence-electron chi connectivity index (χ3n) is 3.83. The van der Waals surface area contributed by atoms with Crippen LogP contribution >= 0.6 is 22.3 Å². The van der Waals surface area contributed by atoms with Crippen LogP contribution in [0, 0.1) is 5.41 Å². The first-order valence-electron chi connectivity index (χ1n) is 6.80. The summed E-state index contributed by atoms with van der Waals surface area (Å²) >= 11 is 5.97. The lowest BCUT2D eigenvalue weighted by atomic mass is 10.0. The number of rotatable bonds is 6. The number of hydrogen-bond acceptors (Lipinski definition) is 3. The predicted molar refractivity (Wildman–Crippen MR) is 83.4 cm³/mol. The van der Waals surface area contributed by atoms with Gasteiger partial charge in [-0.05, 0) is 42.9 Å². The van der Waals surface area contributed by atoms with E-state index in [2.05, 4.69) is 12.2 Å². The molecule has 116 valence electrons. The van der Waals surface area contributed by atoms with Crippen LogP contribution in [0.1, 0.15) is 43.0 Å². The number of nitrogens with one attached hydrogen (secondary N) is 1. The number of carbonyl (C=O) groups is 1. The number of benzene rings is 1. The molecule has 1 N–H and O–H groups in total. The number of carbonyl (C=O) groups excluding carboxylic acids is 1. The van der Waals surface area contributed by atoms with Crippen LogP contribution in [-0.2, 0) is 9.05 Å². The summed E-state index contributed by atoms with van der Waals surface area (Å²) in [6.45, 7) is 2.71. The molecule has 0 unspecified atom stereocenters. The van der Waals surface area contributed by atoms with E-state index < -0.39 is 9.05 Å². The van der Waals surface area contributed by atoms with E-state index in [1.807, 2.05) is 0 Å². The maximum Gasteiger partial charge on any atom is 0.261 e. The molecule has 0 heterocycles. The van der Waals surface area contributed by atoms with Crippen molar-refractivity contribution >= 4 is 37.2 Å². The molecule has 0 bridgehead atoms. The van der Waals surface area contributed by atoms with E-state index in [4.69, 9.17) is 22.3 Å². The quantitative estimate of drug-likeness (QED) is 0.798. The molecule has 1 aliphatic rings.